The first-order chi connectivity index (χ1) is 7.18. The highest BCUT2D eigenvalue weighted by Gasteiger charge is 2.14. The lowest BCUT2D eigenvalue weighted by molar-refractivity contribution is 0.557. The normalized spacial score (nSPS) is 17.8. The van der Waals surface area contributed by atoms with Crippen LogP contribution in [0.3, 0.4) is 0 Å². The molecule has 15 heavy (non-hydrogen) atoms. The summed E-state index contributed by atoms with van der Waals surface area (Å²) < 4.78 is 0. The van der Waals surface area contributed by atoms with Gasteiger partial charge >= 0.3 is 0 Å². The van der Waals surface area contributed by atoms with Gasteiger partial charge in [-0.25, -0.2) is 0 Å². The number of rotatable bonds is 2. The molecule has 2 rings (SSSR count). The number of benzene rings is 1. The molecule has 1 heterocycles. The van der Waals surface area contributed by atoms with Gasteiger partial charge in [0.15, 0.2) is 0 Å². The summed E-state index contributed by atoms with van der Waals surface area (Å²) in [4.78, 5) is 6.65. The van der Waals surface area contributed by atoms with Crippen LogP contribution in [0.5, 0.6) is 0 Å². The number of nitrogens with zero attached hydrogens (tertiary/aromatic N) is 2. The van der Waals surface area contributed by atoms with E-state index in [4.69, 9.17) is 5.73 Å². The predicted molar refractivity (Wildman–Crippen MR) is 63.1 cm³/mol. The molecule has 1 aliphatic heterocycles. The van der Waals surface area contributed by atoms with Gasteiger partial charge in [-0.1, -0.05) is 24.3 Å². The second kappa shape index (κ2) is 4.03. The Bertz CT molecular complexity index is 365. The second-order valence-corrected chi connectivity index (χ2v) is 4.04. The zero-order valence-corrected chi connectivity index (χ0v) is 9.27. The average Bonchev–Trinajstić information content (AvgIpc) is 2.65. The lowest BCUT2D eigenvalue weighted by Crippen LogP contribution is -2.23. The zero-order valence-electron chi connectivity index (χ0n) is 9.27. The van der Waals surface area contributed by atoms with E-state index in [1.54, 1.807) is 0 Å². The van der Waals surface area contributed by atoms with Crippen LogP contribution in [0.25, 0.3) is 0 Å². The Labute approximate surface area is 90.6 Å². The minimum atomic E-state index is 0.0993. The van der Waals surface area contributed by atoms with Gasteiger partial charge < -0.3 is 10.6 Å². The molecule has 0 aliphatic carbocycles. The molecule has 0 saturated heterocycles. The van der Waals surface area contributed by atoms with E-state index >= 15 is 0 Å². The monoisotopic (exact) mass is 203 g/mol. The largest absolute Gasteiger partial charge is 0.358 e. The van der Waals surface area contributed by atoms with Crippen molar-refractivity contribution in [2.75, 3.05) is 20.1 Å². The van der Waals surface area contributed by atoms with Gasteiger partial charge in [-0.2, -0.15) is 0 Å². The van der Waals surface area contributed by atoms with Gasteiger partial charge in [0.2, 0.25) is 0 Å². The van der Waals surface area contributed by atoms with Gasteiger partial charge in [0.25, 0.3) is 0 Å². The lowest BCUT2D eigenvalue weighted by atomic mass is 10.1. The topological polar surface area (TPSA) is 41.6 Å². The van der Waals surface area contributed by atoms with E-state index in [-0.39, 0.29) is 6.04 Å². The van der Waals surface area contributed by atoms with Gasteiger partial charge in [-0.05, 0) is 12.5 Å². The van der Waals surface area contributed by atoms with E-state index in [0.717, 1.165) is 18.9 Å². The van der Waals surface area contributed by atoms with Crippen LogP contribution in [0.2, 0.25) is 0 Å². The summed E-state index contributed by atoms with van der Waals surface area (Å²) in [5.74, 6) is 1.09. The maximum Gasteiger partial charge on any atom is 0.130 e. The molecule has 0 fully saturated rings. The van der Waals surface area contributed by atoms with Crippen molar-refractivity contribution in [1.82, 2.24) is 4.90 Å². The molecule has 1 aliphatic rings. The Kier molecular flexibility index (Phi) is 2.73. The molecule has 0 radical (unpaired) electrons. The van der Waals surface area contributed by atoms with Crippen molar-refractivity contribution in [2.24, 2.45) is 10.7 Å². The molecule has 0 bridgehead atoms. The van der Waals surface area contributed by atoms with E-state index < -0.39 is 0 Å². The molecule has 1 atom stereocenters. The molecule has 0 aromatic heterocycles. The van der Waals surface area contributed by atoms with Crippen LogP contribution < -0.4 is 5.73 Å². The van der Waals surface area contributed by atoms with Crippen molar-refractivity contribution in [2.45, 2.75) is 13.0 Å². The SMILES string of the molecule is CC(N)c1ccc(C2=NCCN2C)cc1. The third-order valence-corrected chi connectivity index (χ3v) is 2.75. The van der Waals surface area contributed by atoms with Gasteiger partial charge in [-0.3, -0.25) is 4.99 Å². The number of nitrogens with two attached hydrogens (primary N) is 1. The van der Waals surface area contributed by atoms with Gasteiger partial charge in [0.05, 0.1) is 6.54 Å². The van der Waals surface area contributed by atoms with Crippen LogP contribution in [0.4, 0.5) is 0 Å². The summed E-state index contributed by atoms with van der Waals surface area (Å²) in [5.41, 5.74) is 8.15. The third kappa shape index (κ3) is 2.02. The second-order valence-electron chi connectivity index (χ2n) is 4.04. The van der Waals surface area contributed by atoms with E-state index in [9.17, 15) is 0 Å². The number of likely N-dealkylation sites (N-methyl/N-ethyl adjacent to an activating group) is 1. The molecule has 80 valence electrons. The van der Waals surface area contributed by atoms with Gasteiger partial charge in [0.1, 0.15) is 5.84 Å². The smallest absolute Gasteiger partial charge is 0.130 e. The lowest BCUT2D eigenvalue weighted by Gasteiger charge is -2.14. The Hall–Kier alpha value is -1.35. The Balaban J connectivity index is 2.24. The van der Waals surface area contributed by atoms with Crippen molar-refractivity contribution >= 4 is 5.84 Å². The summed E-state index contributed by atoms with van der Waals surface area (Å²) >= 11 is 0. The fourth-order valence-electron chi connectivity index (χ4n) is 1.78. The van der Waals surface area contributed by atoms with Crippen LogP contribution >= 0.6 is 0 Å². The summed E-state index contributed by atoms with van der Waals surface area (Å²) in [6.45, 7) is 3.92. The molecule has 3 nitrogen and oxygen atoms in total. The van der Waals surface area contributed by atoms with E-state index in [1.165, 1.54) is 11.1 Å². The van der Waals surface area contributed by atoms with E-state index in [1.807, 2.05) is 6.92 Å². The van der Waals surface area contributed by atoms with Crippen molar-refractivity contribution in [3.8, 4) is 0 Å². The molecule has 2 N–H and O–H groups in total. The number of hydrogen-bond acceptors (Lipinski definition) is 3. The van der Waals surface area contributed by atoms with Crippen molar-refractivity contribution in [3.63, 3.8) is 0 Å². The van der Waals surface area contributed by atoms with Crippen LogP contribution in [0, 0.1) is 0 Å². The van der Waals surface area contributed by atoms with Crippen LogP contribution in [0.1, 0.15) is 24.1 Å². The van der Waals surface area contributed by atoms with Crippen molar-refractivity contribution in [3.05, 3.63) is 35.4 Å². The molecule has 0 spiro atoms. The molecule has 0 amide bonds. The van der Waals surface area contributed by atoms with Gasteiger partial charge in [-0.15, -0.1) is 0 Å². The first-order valence-corrected chi connectivity index (χ1v) is 5.30. The zero-order chi connectivity index (χ0) is 10.8. The van der Waals surface area contributed by atoms with E-state index in [2.05, 4.69) is 41.2 Å². The first-order valence-electron chi connectivity index (χ1n) is 5.30. The molecule has 1 aromatic carbocycles. The van der Waals surface area contributed by atoms with Gasteiger partial charge in [0, 0.05) is 25.2 Å². The maximum absolute atomic E-state index is 5.80. The third-order valence-electron chi connectivity index (χ3n) is 2.75. The highest BCUT2D eigenvalue weighted by atomic mass is 15.2. The fraction of sp³-hybridized carbons (Fsp3) is 0.417. The quantitative estimate of drug-likeness (QED) is 0.789. The molecular formula is C12H17N3. The first kappa shape index (κ1) is 10.2. The van der Waals surface area contributed by atoms with E-state index in [0.29, 0.717) is 0 Å². The summed E-state index contributed by atoms with van der Waals surface area (Å²) in [5, 5.41) is 0. The average molecular weight is 203 g/mol. The molecule has 0 saturated carbocycles. The number of aliphatic imine (C=N–C) groups is 1. The van der Waals surface area contributed by atoms with Crippen LogP contribution in [-0.2, 0) is 0 Å². The molecule has 1 aromatic rings. The number of hydrogen-bond donors (Lipinski definition) is 1. The predicted octanol–water partition coefficient (Wildman–Crippen LogP) is 1.40. The fourth-order valence-corrected chi connectivity index (χ4v) is 1.78. The standard InChI is InChI=1S/C12H17N3/c1-9(13)10-3-5-11(6-4-10)12-14-7-8-15(12)2/h3-6,9H,7-8,13H2,1-2H3. The van der Waals surface area contributed by atoms with Crippen molar-refractivity contribution < 1.29 is 0 Å². The molecular weight excluding hydrogens is 186 g/mol. The minimum absolute atomic E-state index is 0.0993. The molecule has 3 heteroatoms. The van der Waals surface area contributed by atoms with Crippen molar-refractivity contribution in [1.29, 1.82) is 0 Å². The highest BCUT2D eigenvalue weighted by Crippen LogP contribution is 2.14. The highest BCUT2D eigenvalue weighted by molar-refractivity contribution is 5.99. The Morgan fingerprint density at radius 3 is 2.47 bits per heavy atom. The summed E-state index contributed by atoms with van der Waals surface area (Å²) in [6.07, 6.45) is 0. The Morgan fingerprint density at radius 1 is 1.33 bits per heavy atom. The minimum Gasteiger partial charge on any atom is -0.358 e. The molecule has 1 unspecified atom stereocenters. The van der Waals surface area contributed by atoms with Crippen LogP contribution in [-0.4, -0.2) is 30.9 Å². The maximum atomic E-state index is 5.80. The number of amidine groups is 1. The summed E-state index contributed by atoms with van der Waals surface area (Å²) in [6, 6.07) is 8.45. The Morgan fingerprint density at radius 2 is 2.00 bits per heavy atom. The van der Waals surface area contributed by atoms with Crippen LogP contribution in [0.15, 0.2) is 29.3 Å². The summed E-state index contributed by atoms with van der Waals surface area (Å²) in [7, 11) is 2.07.